The highest BCUT2D eigenvalue weighted by Gasteiger charge is 2.48. The van der Waals surface area contributed by atoms with Crippen molar-refractivity contribution < 1.29 is 18.0 Å². The molecule has 0 saturated heterocycles. The first-order valence-electron chi connectivity index (χ1n) is 8.82. The van der Waals surface area contributed by atoms with Crippen LogP contribution < -0.4 is 5.32 Å². The van der Waals surface area contributed by atoms with Crippen LogP contribution in [0.3, 0.4) is 0 Å². The summed E-state index contributed by atoms with van der Waals surface area (Å²) in [6.07, 6.45) is -2.61. The van der Waals surface area contributed by atoms with Crippen LogP contribution in [-0.4, -0.2) is 5.91 Å². The summed E-state index contributed by atoms with van der Waals surface area (Å²) in [4.78, 5) is 12.6. The third-order valence-electron chi connectivity index (χ3n) is 5.41. The van der Waals surface area contributed by atoms with Crippen LogP contribution in [0.5, 0.6) is 0 Å². The van der Waals surface area contributed by atoms with Crippen molar-refractivity contribution in [1.29, 1.82) is 0 Å². The van der Waals surface area contributed by atoms with Crippen LogP contribution in [0.4, 0.5) is 13.2 Å². The van der Waals surface area contributed by atoms with Crippen molar-refractivity contribution in [1.82, 2.24) is 5.32 Å². The van der Waals surface area contributed by atoms with E-state index in [0.29, 0.717) is 5.56 Å². The maximum atomic E-state index is 13.3. The fourth-order valence-electron chi connectivity index (χ4n) is 4.18. The van der Waals surface area contributed by atoms with Gasteiger partial charge in [0.2, 0.25) is 0 Å². The van der Waals surface area contributed by atoms with Gasteiger partial charge >= 0.3 is 6.18 Å². The molecule has 1 N–H and O–H groups in total. The molecule has 1 spiro atoms. The Morgan fingerprint density at radius 3 is 2.25 bits per heavy atom. The van der Waals surface area contributed by atoms with Crippen molar-refractivity contribution >= 4 is 11.5 Å². The summed E-state index contributed by atoms with van der Waals surface area (Å²) in [6, 6.07) is 20.4. The number of amides is 1. The van der Waals surface area contributed by atoms with Crippen molar-refractivity contribution in [2.75, 3.05) is 0 Å². The van der Waals surface area contributed by atoms with Crippen LogP contribution >= 0.6 is 0 Å². The summed E-state index contributed by atoms with van der Waals surface area (Å²) in [6.45, 7) is 0. The van der Waals surface area contributed by atoms with Crippen molar-refractivity contribution in [2.45, 2.75) is 11.7 Å². The van der Waals surface area contributed by atoms with Crippen LogP contribution in [0.15, 0.2) is 78.9 Å². The van der Waals surface area contributed by atoms with Gasteiger partial charge in [0.05, 0.1) is 5.56 Å². The summed E-state index contributed by atoms with van der Waals surface area (Å²) in [5, 5.41) is 2.95. The number of hydrogen-bond donors (Lipinski definition) is 1. The topological polar surface area (TPSA) is 29.1 Å². The minimum absolute atomic E-state index is 0.272. The summed E-state index contributed by atoms with van der Waals surface area (Å²) < 4.78 is 40.0. The molecule has 1 heterocycles. The molecule has 0 aromatic heterocycles. The molecule has 0 radical (unpaired) electrons. The van der Waals surface area contributed by atoms with E-state index in [2.05, 4.69) is 5.32 Å². The van der Waals surface area contributed by atoms with Gasteiger partial charge in [-0.15, -0.1) is 0 Å². The molecule has 1 atom stereocenters. The smallest absolute Gasteiger partial charge is 0.335 e. The van der Waals surface area contributed by atoms with Gasteiger partial charge in [0.25, 0.3) is 5.91 Å². The molecule has 3 aromatic rings. The molecule has 1 aliphatic carbocycles. The van der Waals surface area contributed by atoms with Gasteiger partial charge in [-0.2, -0.15) is 13.2 Å². The predicted molar refractivity (Wildman–Crippen MR) is 99.7 cm³/mol. The van der Waals surface area contributed by atoms with Gasteiger partial charge in [-0.25, -0.2) is 0 Å². The number of rotatable bonds is 1. The molecule has 2 aliphatic rings. The van der Waals surface area contributed by atoms with E-state index in [1.807, 2.05) is 60.7 Å². The molecule has 0 saturated carbocycles. The SMILES string of the molecule is O=C1NC2(C=C(c3ccccc3)c3ccccc32)c2cc(C(F)(F)F)ccc21. The normalized spacial score (nSPS) is 20.0. The molecular weight excluding hydrogens is 363 g/mol. The Kier molecular flexibility index (Phi) is 3.35. The van der Waals surface area contributed by atoms with Gasteiger partial charge in [0, 0.05) is 5.56 Å². The average molecular weight is 377 g/mol. The van der Waals surface area contributed by atoms with Crippen molar-refractivity contribution in [3.63, 3.8) is 0 Å². The van der Waals surface area contributed by atoms with Crippen LogP contribution in [0.25, 0.3) is 5.57 Å². The number of halogens is 3. The molecule has 1 unspecified atom stereocenters. The van der Waals surface area contributed by atoms with Crippen molar-refractivity contribution in [2.24, 2.45) is 0 Å². The maximum absolute atomic E-state index is 13.3. The lowest BCUT2D eigenvalue weighted by molar-refractivity contribution is -0.137. The van der Waals surface area contributed by atoms with Crippen LogP contribution in [-0.2, 0) is 11.7 Å². The van der Waals surface area contributed by atoms with E-state index in [1.54, 1.807) is 0 Å². The fraction of sp³-hybridized carbons (Fsp3) is 0.0870. The Balaban J connectivity index is 1.80. The number of alkyl halides is 3. The van der Waals surface area contributed by atoms with Gasteiger partial charge in [-0.1, -0.05) is 54.6 Å². The van der Waals surface area contributed by atoms with E-state index in [0.717, 1.165) is 34.4 Å². The Labute approximate surface area is 159 Å². The number of hydrogen-bond acceptors (Lipinski definition) is 1. The van der Waals surface area contributed by atoms with E-state index < -0.39 is 17.3 Å². The van der Waals surface area contributed by atoms with Gasteiger partial charge in [0.1, 0.15) is 5.54 Å². The first-order valence-corrected chi connectivity index (χ1v) is 8.82. The minimum Gasteiger partial charge on any atom is -0.335 e. The van der Waals surface area contributed by atoms with E-state index in [9.17, 15) is 18.0 Å². The van der Waals surface area contributed by atoms with Gasteiger partial charge < -0.3 is 5.32 Å². The standard InChI is InChI=1S/C23H14F3NO/c24-23(25,26)15-10-11-17-20(12-15)22(27-21(17)28)13-18(14-6-2-1-3-7-14)16-8-4-5-9-19(16)22/h1-13H,(H,27,28). The summed E-state index contributed by atoms with van der Waals surface area (Å²) in [5.41, 5.74) is 2.26. The second kappa shape index (κ2) is 5.58. The Hall–Kier alpha value is -3.34. The molecule has 2 nitrogen and oxygen atoms in total. The van der Waals surface area contributed by atoms with E-state index in [4.69, 9.17) is 0 Å². The van der Waals surface area contributed by atoms with Crippen LogP contribution in [0.1, 0.15) is 38.2 Å². The summed E-state index contributed by atoms with van der Waals surface area (Å²) in [5.74, 6) is -0.371. The highest BCUT2D eigenvalue weighted by molar-refractivity contribution is 6.04. The van der Waals surface area contributed by atoms with Crippen LogP contribution in [0, 0.1) is 0 Å². The zero-order valence-corrected chi connectivity index (χ0v) is 14.5. The zero-order valence-electron chi connectivity index (χ0n) is 14.5. The monoisotopic (exact) mass is 377 g/mol. The van der Waals surface area contributed by atoms with E-state index >= 15 is 0 Å². The molecule has 1 aliphatic heterocycles. The molecule has 138 valence electrons. The highest BCUT2D eigenvalue weighted by Crippen LogP contribution is 2.49. The van der Waals surface area contributed by atoms with Gasteiger partial charge in [-0.05, 0) is 52.1 Å². The Bertz CT molecular complexity index is 1150. The second-order valence-corrected chi connectivity index (χ2v) is 6.99. The minimum atomic E-state index is -4.48. The average Bonchev–Trinajstić information content (AvgIpc) is 3.17. The quantitative estimate of drug-likeness (QED) is 0.625. The lowest BCUT2D eigenvalue weighted by Gasteiger charge is -2.25. The highest BCUT2D eigenvalue weighted by atomic mass is 19.4. The molecule has 5 rings (SSSR count). The maximum Gasteiger partial charge on any atom is 0.416 e. The first-order chi connectivity index (χ1) is 13.4. The van der Waals surface area contributed by atoms with Gasteiger partial charge in [0.15, 0.2) is 0 Å². The van der Waals surface area contributed by atoms with Gasteiger partial charge in [-0.3, -0.25) is 4.79 Å². The molecule has 1 amide bonds. The zero-order chi connectivity index (χ0) is 19.5. The van der Waals surface area contributed by atoms with E-state index in [1.165, 1.54) is 6.07 Å². The largest absolute Gasteiger partial charge is 0.416 e. The van der Waals surface area contributed by atoms with Crippen LogP contribution in [0.2, 0.25) is 0 Å². The molecule has 0 fully saturated rings. The molecular formula is C23H14F3NO. The number of carbonyl (C=O) groups is 1. The molecule has 5 heteroatoms. The molecule has 28 heavy (non-hydrogen) atoms. The summed E-state index contributed by atoms with van der Waals surface area (Å²) in [7, 11) is 0. The number of nitrogens with one attached hydrogen (secondary N) is 1. The lowest BCUT2D eigenvalue weighted by Crippen LogP contribution is -2.37. The predicted octanol–water partition coefficient (Wildman–Crippen LogP) is 5.14. The Morgan fingerprint density at radius 2 is 1.50 bits per heavy atom. The third kappa shape index (κ3) is 2.26. The number of fused-ring (bicyclic) bond motifs is 4. The number of benzene rings is 3. The number of carbonyl (C=O) groups excluding carboxylic acids is 1. The van der Waals surface area contributed by atoms with Crippen molar-refractivity contribution in [3.8, 4) is 0 Å². The second-order valence-electron chi connectivity index (χ2n) is 6.99. The summed E-state index contributed by atoms with van der Waals surface area (Å²) >= 11 is 0. The Morgan fingerprint density at radius 1 is 0.786 bits per heavy atom. The first kappa shape index (κ1) is 16.8. The van der Waals surface area contributed by atoms with E-state index in [-0.39, 0.29) is 11.5 Å². The molecule has 3 aromatic carbocycles. The molecule has 0 bridgehead atoms. The third-order valence-corrected chi connectivity index (χ3v) is 5.41. The fourth-order valence-corrected chi connectivity index (χ4v) is 4.18. The lowest BCUT2D eigenvalue weighted by atomic mass is 9.84. The van der Waals surface area contributed by atoms with Crippen molar-refractivity contribution in [3.05, 3.63) is 112 Å².